The molecule has 1 unspecified atom stereocenters. The number of nitrogens with zero attached hydrogens (tertiary/aromatic N) is 2. The summed E-state index contributed by atoms with van der Waals surface area (Å²) in [5.41, 5.74) is 7.60. The topological polar surface area (TPSA) is 80.9 Å². The Bertz CT molecular complexity index is 633. The van der Waals surface area contributed by atoms with Crippen molar-refractivity contribution in [1.29, 1.82) is 0 Å². The van der Waals surface area contributed by atoms with Gasteiger partial charge < -0.3 is 11.1 Å². The molecule has 0 radical (unpaired) electrons. The molecule has 0 spiro atoms. The third-order valence-corrected chi connectivity index (χ3v) is 4.03. The van der Waals surface area contributed by atoms with E-state index in [2.05, 4.69) is 15.3 Å². The molecular weight excluding hydrogens is 296 g/mol. The van der Waals surface area contributed by atoms with E-state index >= 15 is 0 Å². The van der Waals surface area contributed by atoms with Gasteiger partial charge in [0.2, 0.25) is 5.91 Å². The number of rotatable bonds is 6. The second-order valence-electron chi connectivity index (χ2n) is 4.99. The van der Waals surface area contributed by atoms with Crippen molar-refractivity contribution in [3.8, 4) is 0 Å². The molecule has 1 aromatic heterocycles. The van der Waals surface area contributed by atoms with Gasteiger partial charge in [0, 0.05) is 23.0 Å². The maximum absolute atomic E-state index is 12.0. The molecule has 1 heterocycles. The Hall–Kier alpha value is -1.92. The zero-order chi connectivity index (χ0) is 15.9. The van der Waals surface area contributed by atoms with Crippen molar-refractivity contribution >= 4 is 23.4 Å². The van der Waals surface area contributed by atoms with Crippen molar-refractivity contribution in [3.63, 3.8) is 0 Å². The van der Waals surface area contributed by atoms with Gasteiger partial charge >= 0.3 is 0 Å². The fourth-order valence-corrected chi connectivity index (χ4v) is 2.76. The SMILES string of the molecule is CCCC(N)C(=O)Nc1ccc(Sc2ncccn2)cc1C. The second kappa shape index (κ2) is 7.91. The van der Waals surface area contributed by atoms with E-state index in [4.69, 9.17) is 5.73 Å². The van der Waals surface area contributed by atoms with Gasteiger partial charge in [0.25, 0.3) is 0 Å². The van der Waals surface area contributed by atoms with Gasteiger partial charge in [-0.2, -0.15) is 0 Å². The Morgan fingerprint density at radius 1 is 1.36 bits per heavy atom. The van der Waals surface area contributed by atoms with Crippen molar-refractivity contribution in [1.82, 2.24) is 9.97 Å². The van der Waals surface area contributed by atoms with Crippen LogP contribution in [0.5, 0.6) is 0 Å². The molecule has 2 aromatic rings. The van der Waals surface area contributed by atoms with E-state index in [1.54, 1.807) is 18.5 Å². The van der Waals surface area contributed by atoms with Gasteiger partial charge in [-0.25, -0.2) is 9.97 Å². The number of amides is 1. The summed E-state index contributed by atoms with van der Waals surface area (Å²) in [6.07, 6.45) is 5.00. The second-order valence-corrected chi connectivity index (χ2v) is 6.04. The lowest BCUT2D eigenvalue weighted by molar-refractivity contribution is -0.117. The number of nitrogens with one attached hydrogen (secondary N) is 1. The number of hydrogen-bond acceptors (Lipinski definition) is 5. The average Bonchev–Trinajstić information content (AvgIpc) is 2.51. The summed E-state index contributed by atoms with van der Waals surface area (Å²) >= 11 is 1.48. The van der Waals surface area contributed by atoms with E-state index in [0.29, 0.717) is 11.6 Å². The number of aromatic nitrogens is 2. The summed E-state index contributed by atoms with van der Waals surface area (Å²) in [6.45, 7) is 3.97. The molecule has 6 heteroatoms. The molecule has 0 bridgehead atoms. The first-order valence-electron chi connectivity index (χ1n) is 7.22. The Morgan fingerprint density at radius 3 is 2.73 bits per heavy atom. The van der Waals surface area contributed by atoms with Crippen LogP contribution in [-0.2, 0) is 4.79 Å². The number of anilines is 1. The molecule has 1 aromatic carbocycles. The molecule has 5 nitrogen and oxygen atoms in total. The van der Waals surface area contributed by atoms with Gasteiger partial charge in [-0.15, -0.1) is 0 Å². The first-order chi connectivity index (χ1) is 10.6. The largest absolute Gasteiger partial charge is 0.324 e. The van der Waals surface area contributed by atoms with E-state index in [9.17, 15) is 4.79 Å². The lowest BCUT2D eigenvalue weighted by atomic mass is 10.1. The minimum absolute atomic E-state index is 0.142. The molecule has 22 heavy (non-hydrogen) atoms. The molecule has 0 aliphatic carbocycles. The van der Waals surface area contributed by atoms with Crippen molar-refractivity contribution in [2.24, 2.45) is 5.73 Å². The maximum atomic E-state index is 12.0. The molecule has 0 saturated heterocycles. The first-order valence-corrected chi connectivity index (χ1v) is 8.03. The number of carbonyl (C=O) groups is 1. The van der Waals surface area contributed by atoms with Crippen LogP contribution in [0.25, 0.3) is 0 Å². The lowest BCUT2D eigenvalue weighted by Crippen LogP contribution is -2.35. The third kappa shape index (κ3) is 4.54. The van der Waals surface area contributed by atoms with Crippen molar-refractivity contribution in [2.75, 3.05) is 5.32 Å². The normalized spacial score (nSPS) is 12.0. The summed E-state index contributed by atoms with van der Waals surface area (Å²) in [4.78, 5) is 21.4. The molecule has 116 valence electrons. The Balaban J connectivity index is 2.05. The predicted octanol–water partition coefficient (Wildman–Crippen LogP) is 3.00. The summed E-state index contributed by atoms with van der Waals surface area (Å²) in [5, 5.41) is 3.58. The van der Waals surface area contributed by atoms with Crippen molar-refractivity contribution in [2.45, 2.75) is 42.8 Å². The summed E-state index contributed by atoms with van der Waals surface area (Å²) in [5.74, 6) is -0.142. The number of nitrogens with two attached hydrogens (primary N) is 1. The van der Waals surface area contributed by atoms with E-state index in [1.165, 1.54) is 11.8 Å². The number of carbonyl (C=O) groups excluding carboxylic acids is 1. The van der Waals surface area contributed by atoms with Gasteiger partial charge in [-0.1, -0.05) is 13.3 Å². The zero-order valence-electron chi connectivity index (χ0n) is 12.7. The Morgan fingerprint density at radius 2 is 2.09 bits per heavy atom. The average molecular weight is 316 g/mol. The van der Waals surface area contributed by atoms with E-state index in [1.807, 2.05) is 32.0 Å². The molecule has 0 aliphatic heterocycles. The summed E-state index contributed by atoms with van der Waals surface area (Å²) in [7, 11) is 0. The van der Waals surface area contributed by atoms with Crippen LogP contribution in [0.1, 0.15) is 25.3 Å². The Labute approximate surface area is 134 Å². The molecule has 0 fully saturated rings. The summed E-state index contributed by atoms with van der Waals surface area (Å²) in [6, 6.07) is 7.15. The van der Waals surface area contributed by atoms with Crippen LogP contribution in [0.2, 0.25) is 0 Å². The maximum Gasteiger partial charge on any atom is 0.241 e. The van der Waals surface area contributed by atoms with Gasteiger partial charge in [0.05, 0.1) is 6.04 Å². The van der Waals surface area contributed by atoms with Gasteiger partial charge in [-0.05, 0) is 54.9 Å². The zero-order valence-corrected chi connectivity index (χ0v) is 13.6. The minimum Gasteiger partial charge on any atom is -0.324 e. The van der Waals surface area contributed by atoms with Crippen LogP contribution in [0.15, 0.2) is 46.7 Å². The lowest BCUT2D eigenvalue weighted by Gasteiger charge is -2.13. The fourth-order valence-electron chi connectivity index (χ4n) is 1.95. The number of aryl methyl sites for hydroxylation is 1. The fraction of sp³-hybridized carbons (Fsp3) is 0.312. The summed E-state index contributed by atoms with van der Waals surface area (Å²) < 4.78 is 0. The predicted molar refractivity (Wildman–Crippen MR) is 88.8 cm³/mol. The highest BCUT2D eigenvalue weighted by Gasteiger charge is 2.13. The quantitative estimate of drug-likeness (QED) is 0.801. The molecule has 0 saturated carbocycles. The van der Waals surface area contributed by atoms with Gasteiger partial charge in [0.15, 0.2) is 5.16 Å². The van der Waals surface area contributed by atoms with Crippen molar-refractivity contribution < 1.29 is 4.79 Å². The monoisotopic (exact) mass is 316 g/mol. The van der Waals surface area contributed by atoms with Crippen LogP contribution >= 0.6 is 11.8 Å². The van der Waals surface area contributed by atoms with Crippen LogP contribution in [0, 0.1) is 6.92 Å². The third-order valence-electron chi connectivity index (χ3n) is 3.14. The van der Waals surface area contributed by atoms with Crippen LogP contribution in [0.3, 0.4) is 0 Å². The highest BCUT2D eigenvalue weighted by molar-refractivity contribution is 7.99. The molecule has 2 rings (SSSR count). The highest BCUT2D eigenvalue weighted by Crippen LogP contribution is 2.27. The number of benzene rings is 1. The van der Waals surface area contributed by atoms with E-state index in [-0.39, 0.29) is 5.91 Å². The number of hydrogen-bond donors (Lipinski definition) is 2. The van der Waals surface area contributed by atoms with Crippen LogP contribution in [0.4, 0.5) is 5.69 Å². The van der Waals surface area contributed by atoms with Crippen molar-refractivity contribution in [3.05, 3.63) is 42.2 Å². The van der Waals surface area contributed by atoms with Gasteiger partial charge in [0.1, 0.15) is 0 Å². The van der Waals surface area contributed by atoms with Crippen LogP contribution in [-0.4, -0.2) is 21.9 Å². The standard InChI is InChI=1S/C16H20N4OS/c1-3-5-13(17)15(21)20-14-7-6-12(10-11(14)2)22-16-18-8-4-9-19-16/h4,6-10,13H,3,5,17H2,1-2H3,(H,20,21). The minimum atomic E-state index is -0.462. The molecule has 3 N–H and O–H groups in total. The van der Waals surface area contributed by atoms with E-state index < -0.39 is 6.04 Å². The highest BCUT2D eigenvalue weighted by atomic mass is 32.2. The van der Waals surface area contributed by atoms with Crippen LogP contribution < -0.4 is 11.1 Å². The molecule has 1 atom stereocenters. The smallest absolute Gasteiger partial charge is 0.241 e. The molecule has 0 aliphatic rings. The Kier molecular flexibility index (Phi) is 5.91. The molecule has 1 amide bonds. The van der Waals surface area contributed by atoms with Gasteiger partial charge in [-0.3, -0.25) is 4.79 Å². The molecular formula is C16H20N4OS. The van der Waals surface area contributed by atoms with E-state index in [0.717, 1.165) is 22.6 Å². The first kappa shape index (κ1) is 16.5.